The van der Waals surface area contributed by atoms with Gasteiger partial charge >= 0.3 is 6.09 Å². The molecule has 1 N–H and O–H groups in total. The summed E-state index contributed by atoms with van der Waals surface area (Å²) >= 11 is 6.32. The average Bonchev–Trinajstić information content (AvgIpc) is 3.03. The van der Waals surface area contributed by atoms with Crippen LogP contribution in [0.3, 0.4) is 0 Å². The van der Waals surface area contributed by atoms with Gasteiger partial charge in [-0.1, -0.05) is 23.7 Å². The van der Waals surface area contributed by atoms with Crippen molar-refractivity contribution in [2.24, 2.45) is 5.41 Å². The van der Waals surface area contributed by atoms with Crippen LogP contribution in [0.4, 0.5) is 22.0 Å². The standard InChI is InChI=1S/C21H23ClN4O3/c1-24(20(28)29)15-7-8-18(23-13-15)25-11-4-9-21(14-25)10-12-26(19(21)27)17-6-3-2-5-16(17)22/h2-3,5-8,13H,4,9-12,14H2,1H3,(H,28,29). The first-order valence-electron chi connectivity index (χ1n) is 9.65. The topological polar surface area (TPSA) is 77.0 Å². The molecule has 0 bridgehead atoms. The molecule has 2 aliphatic heterocycles. The first-order chi connectivity index (χ1) is 13.9. The molecule has 1 aromatic carbocycles. The van der Waals surface area contributed by atoms with Crippen molar-refractivity contribution in [3.8, 4) is 0 Å². The maximum Gasteiger partial charge on any atom is 0.411 e. The highest BCUT2D eigenvalue weighted by Crippen LogP contribution is 2.43. The number of aromatic nitrogens is 1. The number of piperidine rings is 1. The summed E-state index contributed by atoms with van der Waals surface area (Å²) in [6, 6.07) is 11.0. The molecule has 2 saturated heterocycles. The van der Waals surface area contributed by atoms with E-state index in [1.807, 2.05) is 35.2 Å². The van der Waals surface area contributed by atoms with Crippen LogP contribution in [0.25, 0.3) is 0 Å². The maximum absolute atomic E-state index is 13.4. The maximum atomic E-state index is 13.4. The van der Waals surface area contributed by atoms with E-state index in [1.165, 1.54) is 7.05 Å². The van der Waals surface area contributed by atoms with E-state index in [4.69, 9.17) is 16.7 Å². The van der Waals surface area contributed by atoms with E-state index in [0.29, 0.717) is 23.8 Å². The molecule has 1 atom stereocenters. The summed E-state index contributed by atoms with van der Waals surface area (Å²) in [6.45, 7) is 2.09. The molecule has 4 rings (SSSR count). The van der Waals surface area contributed by atoms with Gasteiger partial charge in [-0.25, -0.2) is 9.78 Å². The second-order valence-corrected chi connectivity index (χ2v) is 8.09. The lowest BCUT2D eigenvalue weighted by Crippen LogP contribution is -2.48. The minimum Gasteiger partial charge on any atom is -0.465 e. The van der Waals surface area contributed by atoms with E-state index >= 15 is 0 Å². The third-order valence-electron chi connectivity index (χ3n) is 5.96. The van der Waals surface area contributed by atoms with Gasteiger partial charge in [-0.2, -0.15) is 0 Å². The third-order valence-corrected chi connectivity index (χ3v) is 6.28. The van der Waals surface area contributed by atoms with Crippen molar-refractivity contribution < 1.29 is 14.7 Å². The Morgan fingerprint density at radius 2 is 2.00 bits per heavy atom. The zero-order valence-corrected chi connectivity index (χ0v) is 17.0. The molecule has 7 nitrogen and oxygen atoms in total. The van der Waals surface area contributed by atoms with E-state index in [0.717, 1.165) is 42.2 Å². The van der Waals surface area contributed by atoms with Gasteiger partial charge in [-0.05, 0) is 43.5 Å². The molecular formula is C21H23ClN4O3. The lowest BCUT2D eigenvalue weighted by atomic mass is 9.78. The Morgan fingerprint density at radius 3 is 2.69 bits per heavy atom. The molecule has 8 heteroatoms. The van der Waals surface area contributed by atoms with Crippen LogP contribution >= 0.6 is 11.6 Å². The zero-order chi connectivity index (χ0) is 20.6. The summed E-state index contributed by atoms with van der Waals surface area (Å²) in [5.74, 6) is 0.883. The largest absolute Gasteiger partial charge is 0.465 e. The molecule has 2 amide bonds. The van der Waals surface area contributed by atoms with Crippen molar-refractivity contribution in [3.05, 3.63) is 47.6 Å². The minimum absolute atomic E-state index is 0.123. The molecule has 0 saturated carbocycles. The Morgan fingerprint density at radius 1 is 1.21 bits per heavy atom. The number of para-hydroxylation sites is 1. The number of anilines is 3. The number of hydrogen-bond donors (Lipinski definition) is 1. The van der Waals surface area contributed by atoms with Gasteiger partial charge in [0.1, 0.15) is 5.82 Å². The van der Waals surface area contributed by atoms with Crippen LogP contribution in [0.15, 0.2) is 42.6 Å². The average molecular weight is 415 g/mol. The van der Waals surface area contributed by atoms with Crippen LogP contribution in [0.2, 0.25) is 5.02 Å². The summed E-state index contributed by atoms with van der Waals surface area (Å²) in [7, 11) is 1.48. The Bertz CT molecular complexity index is 936. The smallest absolute Gasteiger partial charge is 0.411 e. The van der Waals surface area contributed by atoms with Crippen molar-refractivity contribution in [1.82, 2.24) is 4.98 Å². The van der Waals surface area contributed by atoms with Gasteiger partial charge in [0.15, 0.2) is 0 Å². The van der Waals surface area contributed by atoms with E-state index in [-0.39, 0.29) is 5.91 Å². The molecule has 3 heterocycles. The SMILES string of the molecule is CN(C(=O)O)c1ccc(N2CCCC3(CCN(c4ccccc4Cl)C3=O)C2)nc1. The second-order valence-electron chi connectivity index (χ2n) is 7.68. The number of carbonyl (C=O) groups is 2. The molecule has 29 heavy (non-hydrogen) atoms. The van der Waals surface area contributed by atoms with E-state index < -0.39 is 11.5 Å². The number of rotatable bonds is 3. The lowest BCUT2D eigenvalue weighted by molar-refractivity contribution is -0.126. The van der Waals surface area contributed by atoms with Crippen LogP contribution in [0.1, 0.15) is 19.3 Å². The molecule has 1 unspecified atom stereocenters. The number of carbonyl (C=O) groups excluding carboxylic acids is 1. The Kier molecular flexibility index (Phi) is 5.08. The zero-order valence-electron chi connectivity index (χ0n) is 16.2. The summed E-state index contributed by atoms with van der Waals surface area (Å²) in [5, 5.41) is 9.68. The fourth-order valence-electron chi connectivity index (χ4n) is 4.30. The predicted octanol–water partition coefficient (Wildman–Crippen LogP) is 3.87. The van der Waals surface area contributed by atoms with Crippen molar-refractivity contribution in [2.45, 2.75) is 19.3 Å². The fraction of sp³-hybridized carbons (Fsp3) is 0.381. The first-order valence-corrected chi connectivity index (χ1v) is 10.0. The monoisotopic (exact) mass is 414 g/mol. The number of hydrogen-bond acceptors (Lipinski definition) is 4. The highest BCUT2D eigenvalue weighted by Gasteiger charge is 2.49. The molecular weight excluding hydrogens is 392 g/mol. The fourth-order valence-corrected chi connectivity index (χ4v) is 4.54. The van der Waals surface area contributed by atoms with Crippen LogP contribution in [0.5, 0.6) is 0 Å². The van der Waals surface area contributed by atoms with E-state index in [1.54, 1.807) is 12.3 Å². The van der Waals surface area contributed by atoms with Gasteiger partial charge in [0, 0.05) is 26.7 Å². The first kappa shape index (κ1) is 19.5. The number of amides is 2. The van der Waals surface area contributed by atoms with Crippen LogP contribution in [-0.2, 0) is 4.79 Å². The summed E-state index contributed by atoms with van der Waals surface area (Å²) < 4.78 is 0. The Labute approximate surface area is 174 Å². The lowest BCUT2D eigenvalue weighted by Gasteiger charge is -2.39. The number of halogens is 1. The van der Waals surface area contributed by atoms with Crippen molar-refractivity contribution in [3.63, 3.8) is 0 Å². The van der Waals surface area contributed by atoms with Crippen molar-refractivity contribution >= 4 is 40.8 Å². The van der Waals surface area contributed by atoms with Crippen LogP contribution in [0, 0.1) is 5.41 Å². The van der Waals surface area contributed by atoms with Gasteiger partial charge in [0.2, 0.25) is 5.91 Å². The third kappa shape index (κ3) is 3.51. The second kappa shape index (κ2) is 7.55. The van der Waals surface area contributed by atoms with Crippen LogP contribution < -0.4 is 14.7 Å². The Balaban J connectivity index is 1.53. The number of benzene rings is 1. The highest BCUT2D eigenvalue weighted by atomic mass is 35.5. The number of carboxylic acid groups (broad SMARTS) is 1. The van der Waals surface area contributed by atoms with Crippen molar-refractivity contribution in [2.75, 3.05) is 41.4 Å². The molecule has 1 spiro atoms. The summed E-state index contributed by atoms with van der Waals surface area (Å²) in [5.41, 5.74) is 0.845. The van der Waals surface area contributed by atoms with Crippen LogP contribution in [-0.4, -0.2) is 48.8 Å². The van der Waals surface area contributed by atoms with Gasteiger partial charge in [-0.15, -0.1) is 0 Å². The normalized spacial score (nSPS) is 21.7. The van der Waals surface area contributed by atoms with Gasteiger partial charge in [0.25, 0.3) is 0 Å². The summed E-state index contributed by atoms with van der Waals surface area (Å²) in [6.07, 6.45) is 3.06. The van der Waals surface area contributed by atoms with Crippen molar-refractivity contribution in [1.29, 1.82) is 0 Å². The summed E-state index contributed by atoms with van der Waals surface area (Å²) in [4.78, 5) is 34.0. The quantitative estimate of drug-likeness (QED) is 0.824. The molecule has 1 aromatic heterocycles. The van der Waals surface area contributed by atoms with E-state index in [9.17, 15) is 9.59 Å². The number of nitrogens with zero attached hydrogens (tertiary/aromatic N) is 4. The van der Waals surface area contributed by atoms with E-state index in [2.05, 4.69) is 9.88 Å². The minimum atomic E-state index is -1.03. The molecule has 2 aromatic rings. The predicted molar refractivity (Wildman–Crippen MR) is 113 cm³/mol. The molecule has 0 aliphatic carbocycles. The Hall–Kier alpha value is -2.80. The highest BCUT2D eigenvalue weighted by molar-refractivity contribution is 6.34. The van der Waals surface area contributed by atoms with Gasteiger partial charge in [0.05, 0.1) is 28.0 Å². The molecule has 2 aliphatic rings. The van der Waals surface area contributed by atoms with Gasteiger partial charge in [-0.3, -0.25) is 9.69 Å². The number of pyridine rings is 1. The molecule has 0 radical (unpaired) electrons. The molecule has 2 fully saturated rings. The molecule has 152 valence electrons. The van der Waals surface area contributed by atoms with Gasteiger partial charge < -0.3 is 14.9 Å².